The Bertz CT molecular complexity index is 1570. The Balaban J connectivity index is 1.26. The molecular weight excluding hydrogens is 585 g/mol. The smallest absolute Gasteiger partial charge is 0.309 e. The number of fused-ring (bicyclic) bond motifs is 2. The van der Waals surface area contributed by atoms with Gasteiger partial charge in [0.15, 0.2) is 11.6 Å². The highest BCUT2D eigenvalue weighted by Crippen LogP contribution is 2.49. The maximum absolute atomic E-state index is 15.0. The van der Waals surface area contributed by atoms with E-state index in [9.17, 15) is 19.1 Å². The van der Waals surface area contributed by atoms with E-state index >= 15 is 0 Å². The fourth-order valence-corrected chi connectivity index (χ4v) is 7.46. The SMILES string of the molecule is CCc1cc(Cl)cc(CC)c1CCCC(=O)CN1C[C@H](c2cc(F)c3c(c2)OCO3)[C@@H](C(=O)O)[C@@H]1c1ccc2c(c1)CCO2. The minimum absolute atomic E-state index is 0.0407. The monoisotopic (exact) mass is 621 g/mol. The van der Waals surface area contributed by atoms with Gasteiger partial charge in [0.05, 0.1) is 19.1 Å². The summed E-state index contributed by atoms with van der Waals surface area (Å²) in [6, 6.07) is 12.2. The molecule has 232 valence electrons. The Labute approximate surface area is 261 Å². The number of carbonyl (C=O) groups excluding carboxylic acids is 1. The van der Waals surface area contributed by atoms with Crippen LogP contribution in [0.1, 0.15) is 72.0 Å². The normalized spacial score (nSPS) is 20.5. The van der Waals surface area contributed by atoms with Crippen LogP contribution in [-0.2, 0) is 35.3 Å². The molecule has 0 amide bonds. The van der Waals surface area contributed by atoms with Crippen LogP contribution in [0.4, 0.5) is 4.39 Å². The Morgan fingerprint density at radius 3 is 2.50 bits per heavy atom. The van der Waals surface area contributed by atoms with Gasteiger partial charge in [-0.3, -0.25) is 14.5 Å². The quantitative estimate of drug-likeness (QED) is 0.255. The van der Waals surface area contributed by atoms with Crippen molar-refractivity contribution in [2.24, 2.45) is 5.92 Å². The molecule has 3 atom stereocenters. The Hall–Kier alpha value is -3.62. The number of nitrogens with zero attached hydrogens (tertiary/aromatic N) is 1. The van der Waals surface area contributed by atoms with Gasteiger partial charge in [0.2, 0.25) is 12.5 Å². The molecule has 7 nitrogen and oxygen atoms in total. The van der Waals surface area contributed by atoms with E-state index in [-0.39, 0.29) is 37.2 Å². The average molecular weight is 622 g/mol. The number of halogens is 2. The third-order valence-corrected chi connectivity index (χ3v) is 9.46. The second kappa shape index (κ2) is 12.8. The van der Waals surface area contributed by atoms with Gasteiger partial charge in [-0.2, -0.15) is 0 Å². The maximum Gasteiger partial charge on any atom is 0.309 e. The van der Waals surface area contributed by atoms with Gasteiger partial charge in [0.25, 0.3) is 0 Å². The molecule has 3 aliphatic rings. The van der Waals surface area contributed by atoms with Crippen molar-refractivity contribution in [1.82, 2.24) is 4.90 Å². The van der Waals surface area contributed by atoms with Crippen molar-refractivity contribution in [3.8, 4) is 17.2 Å². The van der Waals surface area contributed by atoms with Crippen LogP contribution in [-0.4, -0.2) is 48.2 Å². The summed E-state index contributed by atoms with van der Waals surface area (Å²) in [5.74, 6) is -1.89. The zero-order valence-electron chi connectivity index (χ0n) is 25.0. The van der Waals surface area contributed by atoms with Crippen LogP contribution in [0.5, 0.6) is 17.2 Å². The van der Waals surface area contributed by atoms with E-state index in [1.54, 1.807) is 6.07 Å². The van der Waals surface area contributed by atoms with E-state index in [0.29, 0.717) is 25.0 Å². The predicted molar refractivity (Wildman–Crippen MR) is 164 cm³/mol. The maximum atomic E-state index is 15.0. The third kappa shape index (κ3) is 5.89. The fraction of sp³-hybridized carbons (Fsp3) is 0.429. The van der Waals surface area contributed by atoms with Gasteiger partial charge in [0, 0.05) is 36.4 Å². The van der Waals surface area contributed by atoms with E-state index in [4.69, 9.17) is 25.8 Å². The number of likely N-dealkylation sites (tertiary alicyclic amines) is 1. The van der Waals surface area contributed by atoms with E-state index in [1.165, 1.54) is 22.8 Å². The van der Waals surface area contributed by atoms with Crippen LogP contribution in [0.2, 0.25) is 5.02 Å². The van der Waals surface area contributed by atoms with Crippen molar-refractivity contribution in [3.63, 3.8) is 0 Å². The molecule has 9 heteroatoms. The summed E-state index contributed by atoms with van der Waals surface area (Å²) in [4.78, 5) is 28.4. The lowest BCUT2D eigenvalue weighted by Gasteiger charge is -2.27. The van der Waals surface area contributed by atoms with Crippen molar-refractivity contribution in [1.29, 1.82) is 0 Å². The number of ether oxygens (including phenoxy) is 3. The molecule has 44 heavy (non-hydrogen) atoms. The number of carboxylic acids is 1. The zero-order valence-corrected chi connectivity index (χ0v) is 25.8. The number of carboxylic acid groups (broad SMARTS) is 1. The third-order valence-electron chi connectivity index (χ3n) is 9.24. The van der Waals surface area contributed by atoms with Crippen molar-refractivity contribution >= 4 is 23.4 Å². The van der Waals surface area contributed by atoms with Gasteiger partial charge in [-0.05, 0) is 89.4 Å². The molecule has 3 aromatic carbocycles. The lowest BCUT2D eigenvalue weighted by molar-refractivity contribution is -0.143. The van der Waals surface area contributed by atoms with Gasteiger partial charge in [0.1, 0.15) is 11.5 Å². The molecule has 0 spiro atoms. The van der Waals surface area contributed by atoms with Gasteiger partial charge in [-0.15, -0.1) is 0 Å². The molecule has 3 aromatic rings. The summed E-state index contributed by atoms with van der Waals surface area (Å²) in [6.07, 6.45) is 4.33. The average Bonchev–Trinajstić information content (AvgIpc) is 3.75. The molecule has 0 unspecified atom stereocenters. The number of benzene rings is 3. The number of carbonyl (C=O) groups is 2. The molecule has 0 aromatic heterocycles. The second-order valence-electron chi connectivity index (χ2n) is 11.8. The molecule has 6 rings (SSSR count). The zero-order chi connectivity index (χ0) is 31.0. The highest BCUT2D eigenvalue weighted by Gasteiger charge is 2.48. The molecule has 3 heterocycles. The number of hydrogen-bond acceptors (Lipinski definition) is 6. The van der Waals surface area contributed by atoms with Crippen LogP contribution in [0.25, 0.3) is 0 Å². The Morgan fingerprint density at radius 2 is 1.77 bits per heavy atom. The van der Waals surface area contributed by atoms with Gasteiger partial charge < -0.3 is 19.3 Å². The van der Waals surface area contributed by atoms with Crippen molar-refractivity contribution in [2.75, 3.05) is 26.5 Å². The number of rotatable bonds is 11. The highest BCUT2D eigenvalue weighted by atomic mass is 35.5. The summed E-state index contributed by atoms with van der Waals surface area (Å²) >= 11 is 6.34. The minimum Gasteiger partial charge on any atom is -0.493 e. The Kier molecular flexibility index (Phi) is 8.83. The number of ketones is 1. The minimum atomic E-state index is -0.994. The van der Waals surface area contributed by atoms with E-state index in [2.05, 4.69) is 13.8 Å². The summed E-state index contributed by atoms with van der Waals surface area (Å²) in [6.45, 7) is 5.11. The lowest BCUT2D eigenvalue weighted by atomic mass is 9.82. The number of Topliss-reactive ketones (excluding diaryl/α,β-unsaturated/α-hetero) is 1. The molecule has 0 radical (unpaired) electrons. The standard InChI is InChI=1S/C35H37ClFNO6/c1-3-20-13-25(36)14-21(4-2)27(20)7-5-6-26(39)17-38-18-28(24-15-29(37)34-31(16-24)43-19-44-34)32(35(40)41)33(38)23-8-9-30-22(12-23)10-11-42-30/h8-9,12-16,28,32-33H,3-7,10-11,17-19H2,1-2H3,(H,40,41)/t28-,32-,33+/m1/s1. The Morgan fingerprint density at radius 1 is 1.00 bits per heavy atom. The van der Waals surface area contributed by atoms with E-state index in [1.807, 2.05) is 35.2 Å². The fourth-order valence-electron chi connectivity index (χ4n) is 7.19. The molecule has 1 fully saturated rings. The number of aliphatic carboxylic acids is 1. The van der Waals surface area contributed by atoms with Crippen LogP contribution in [0, 0.1) is 11.7 Å². The predicted octanol–water partition coefficient (Wildman–Crippen LogP) is 6.70. The number of aryl methyl sites for hydroxylation is 2. The topological polar surface area (TPSA) is 85.3 Å². The summed E-state index contributed by atoms with van der Waals surface area (Å²) in [5, 5.41) is 11.3. The first-order valence-corrected chi connectivity index (χ1v) is 15.8. The second-order valence-corrected chi connectivity index (χ2v) is 12.3. The summed E-state index contributed by atoms with van der Waals surface area (Å²) in [5.41, 5.74) is 6.06. The van der Waals surface area contributed by atoms with Gasteiger partial charge in [-0.25, -0.2) is 4.39 Å². The summed E-state index contributed by atoms with van der Waals surface area (Å²) in [7, 11) is 0. The van der Waals surface area contributed by atoms with E-state index in [0.717, 1.165) is 47.6 Å². The first-order chi connectivity index (χ1) is 21.3. The lowest BCUT2D eigenvalue weighted by Crippen LogP contribution is -2.32. The molecule has 1 N–H and O–H groups in total. The van der Waals surface area contributed by atoms with Crippen LogP contribution < -0.4 is 14.2 Å². The molecule has 1 saturated heterocycles. The van der Waals surface area contributed by atoms with E-state index < -0.39 is 29.7 Å². The van der Waals surface area contributed by atoms with Gasteiger partial charge >= 0.3 is 5.97 Å². The van der Waals surface area contributed by atoms with Crippen LogP contribution in [0.15, 0.2) is 42.5 Å². The molecule has 0 bridgehead atoms. The van der Waals surface area contributed by atoms with Crippen molar-refractivity contribution in [2.45, 2.75) is 64.3 Å². The van der Waals surface area contributed by atoms with Crippen LogP contribution in [0.3, 0.4) is 0 Å². The number of hydrogen-bond donors (Lipinski definition) is 1. The summed E-state index contributed by atoms with van der Waals surface area (Å²) < 4.78 is 31.4. The molecule has 3 aliphatic heterocycles. The molecular formula is C35H37ClFNO6. The van der Waals surface area contributed by atoms with Gasteiger partial charge in [-0.1, -0.05) is 37.6 Å². The van der Waals surface area contributed by atoms with Crippen molar-refractivity contribution < 1.29 is 33.3 Å². The molecule has 0 saturated carbocycles. The van der Waals surface area contributed by atoms with Crippen LogP contribution >= 0.6 is 11.6 Å². The highest BCUT2D eigenvalue weighted by molar-refractivity contribution is 6.30. The van der Waals surface area contributed by atoms with Crippen molar-refractivity contribution in [3.05, 3.63) is 86.7 Å². The largest absolute Gasteiger partial charge is 0.493 e. The first kappa shape index (κ1) is 30.4. The first-order valence-electron chi connectivity index (χ1n) is 15.4. The molecule has 0 aliphatic carbocycles.